The van der Waals surface area contributed by atoms with Gasteiger partial charge in [0.25, 0.3) is 0 Å². The third kappa shape index (κ3) is 3.12. The topological polar surface area (TPSA) is 36.9 Å². The fraction of sp³-hybridized carbons (Fsp3) is 0.923. The van der Waals surface area contributed by atoms with Crippen LogP contribution in [0.5, 0.6) is 0 Å². The van der Waals surface area contributed by atoms with E-state index in [-0.39, 0.29) is 0 Å². The van der Waals surface area contributed by atoms with E-state index < -0.39 is 0 Å². The van der Waals surface area contributed by atoms with Crippen molar-refractivity contribution >= 4 is 5.96 Å². The van der Waals surface area contributed by atoms with Crippen molar-refractivity contribution in [2.45, 2.75) is 32.8 Å². The summed E-state index contributed by atoms with van der Waals surface area (Å²) in [5.74, 6) is 2.28. The molecular weight excluding hydrogens is 214 g/mol. The van der Waals surface area contributed by atoms with Gasteiger partial charge < -0.3 is 15.0 Å². The van der Waals surface area contributed by atoms with Gasteiger partial charge in [-0.2, -0.15) is 0 Å². The molecule has 0 saturated carbocycles. The monoisotopic (exact) mass is 239 g/mol. The minimum absolute atomic E-state index is 0.406. The zero-order valence-electron chi connectivity index (χ0n) is 11.3. The Kier molecular flexibility index (Phi) is 4.26. The third-order valence-corrected chi connectivity index (χ3v) is 3.73. The molecule has 1 fully saturated rings. The Labute approximate surface area is 104 Å². The highest BCUT2D eigenvalue weighted by molar-refractivity contribution is 5.81. The Morgan fingerprint density at radius 3 is 3.00 bits per heavy atom. The molecule has 2 aliphatic heterocycles. The normalized spacial score (nSPS) is 29.6. The largest absolute Gasteiger partial charge is 0.378 e. The highest BCUT2D eigenvalue weighted by atomic mass is 16.5. The van der Waals surface area contributed by atoms with Gasteiger partial charge in [0.1, 0.15) is 0 Å². The van der Waals surface area contributed by atoms with Crippen LogP contribution in [-0.2, 0) is 4.74 Å². The minimum Gasteiger partial charge on any atom is -0.378 e. The van der Waals surface area contributed by atoms with Crippen LogP contribution < -0.4 is 5.32 Å². The van der Waals surface area contributed by atoms with E-state index in [1.807, 2.05) is 0 Å². The summed E-state index contributed by atoms with van der Waals surface area (Å²) in [6, 6.07) is 0. The average molecular weight is 239 g/mol. The van der Waals surface area contributed by atoms with Crippen molar-refractivity contribution in [1.82, 2.24) is 10.2 Å². The summed E-state index contributed by atoms with van der Waals surface area (Å²) in [6.45, 7) is 8.39. The maximum Gasteiger partial charge on any atom is 0.193 e. The predicted octanol–water partition coefficient (Wildman–Crippen LogP) is 1.33. The quantitative estimate of drug-likeness (QED) is 0.807. The van der Waals surface area contributed by atoms with E-state index in [1.54, 1.807) is 0 Å². The molecule has 4 nitrogen and oxygen atoms in total. The van der Waals surface area contributed by atoms with Crippen molar-refractivity contribution in [3.05, 3.63) is 0 Å². The van der Waals surface area contributed by atoms with E-state index in [1.165, 1.54) is 12.8 Å². The minimum atomic E-state index is 0.406. The highest BCUT2D eigenvalue weighted by Crippen LogP contribution is 2.25. The highest BCUT2D eigenvalue weighted by Gasteiger charge is 2.28. The first-order valence-electron chi connectivity index (χ1n) is 6.79. The number of ether oxygens (including phenoxy) is 1. The van der Waals surface area contributed by atoms with E-state index in [4.69, 9.17) is 4.74 Å². The van der Waals surface area contributed by atoms with Gasteiger partial charge in [-0.1, -0.05) is 13.8 Å². The second-order valence-corrected chi connectivity index (χ2v) is 5.49. The number of likely N-dealkylation sites (N-methyl/N-ethyl adjacent to an activating group) is 1. The summed E-state index contributed by atoms with van der Waals surface area (Å²) < 4.78 is 5.90. The molecule has 0 aromatic heterocycles. The van der Waals surface area contributed by atoms with E-state index in [0.717, 1.165) is 32.2 Å². The smallest absolute Gasteiger partial charge is 0.193 e. The molecule has 2 aliphatic rings. The van der Waals surface area contributed by atoms with Crippen molar-refractivity contribution in [2.75, 3.05) is 33.3 Å². The van der Waals surface area contributed by atoms with E-state index in [2.05, 4.69) is 36.1 Å². The summed E-state index contributed by atoms with van der Waals surface area (Å²) in [4.78, 5) is 6.65. The van der Waals surface area contributed by atoms with Crippen LogP contribution in [0.2, 0.25) is 0 Å². The molecule has 0 spiro atoms. The Morgan fingerprint density at radius 1 is 1.53 bits per heavy atom. The van der Waals surface area contributed by atoms with Crippen molar-refractivity contribution in [3.63, 3.8) is 0 Å². The van der Waals surface area contributed by atoms with Crippen LogP contribution in [0.1, 0.15) is 26.7 Å². The molecule has 1 saturated heterocycles. The molecule has 2 atom stereocenters. The molecular formula is C13H25N3O. The Morgan fingerprint density at radius 2 is 2.35 bits per heavy atom. The molecule has 0 radical (unpaired) electrons. The van der Waals surface area contributed by atoms with E-state index in [9.17, 15) is 0 Å². The number of nitrogens with zero attached hydrogens (tertiary/aromatic N) is 2. The molecule has 17 heavy (non-hydrogen) atoms. The fourth-order valence-electron chi connectivity index (χ4n) is 2.77. The first-order chi connectivity index (χ1) is 8.18. The van der Waals surface area contributed by atoms with Crippen LogP contribution >= 0.6 is 0 Å². The van der Waals surface area contributed by atoms with Crippen LogP contribution in [-0.4, -0.2) is 50.3 Å². The van der Waals surface area contributed by atoms with Gasteiger partial charge in [-0.3, -0.25) is 4.99 Å². The van der Waals surface area contributed by atoms with Crippen LogP contribution in [0.4, 0.5) is 0 Å². The number of rotatable bonds is 3. The summed E-state index contributed by atoms with van der Waals surface area (Å²) in [6.07, 6.45) is 2.87. The fourth-order valence-corrected chi connectivity index (χ4v) is 2.77. The van der Waals surface area contributed by atoms with Gasteiger partial charge in [0.2, 0.25) is 0 Å². The van der Waals surface area contributed by atoms with Crippen LogP contribution in [0.15, 0.2) is 4.99 Å². The van der Waals surface area contributed by atoms with Crippen molar-refractivity contribution < 1.29 is 4.74 Å². The second kappa shape index (κ2) is 5.71. The van der Waals surface area contributed by atoms with Gasteiger partial charge in [-0.15, -0.1) is 0 Å². The maximum atomic E-state index is 5.90. The lowest BCUT2D eigenvalue weighted by Gasteiger charge is -2.35. The molecule has 0 aromatic rings. The molecule has 0 amide bonds. The Bertz CT molecular complexity index is 278. The predicted molar refractivity (Wildman–Crippen MR) is 70.2 cm³/mol. The summed E-state index contributed by atoms with van der Waals surface area (Å²) >= 11 is 0. The molecule has 2 unspecified atom stereocenters. The Balaban J connectivity index is 1.84. The second-order valence-electron chi connectivity index (χ2n) is 5.49. The van der Waals surface area contributed by atoms with Gasteiger partial charge in [0.05, 0.1) is 12.6 Å². The van der Waals surface area contributed by atoms with Gasteiger partial charge in [-0.25, -0.2) is 0 Å². The molecule has 0 aromatic carbocycles. The van der Waals surface area contributed by atoms with Crippen molar-refractivity contribution in [2.24, 2.45) is 16.8 Å². The molecule has 0 aliphatic carbocycles. The zero-order chi connectivity index (χ0) is 12.3. The number of hydrogen-bond donors (Lipinski definition) is 1. The number of aliphatic imine (C=N–C) groups is 1. The summed E-state index contributed by atoms with van der Waals surface area (Å²) in [5, 5.41) is 3.48. The zero-order valence-corrected chi connectivity index (χ0v) is 11.3. The van der Waals surface area contributed by atoms with Crippen LogP contribution in [0, 0.1) is 11.8 Å². The maximum absolute atomic E-state index is 5.90. The average Bonchev–Trinajstić information content (AvgIpc) is 2.72. The van der Waals surface area contributed by atoms with Gasteiger partial charge in [0, 0.05) is 32.7 Å². The SMILES string of the molecule is CC(C)C1OCCCC1CNC1=NCCN1C. The Hall–Kier alpha value is -0.770. The van der Waals surface area contributed by atoms with E-state index >= 15 is 0 Å². The van der Waals surface area contributed by atoms with Crippen molar-refractivity contribution in [3.8, 4) is 0 Å². The van der Waals surface area contributed by atoms with E-state index in [0.29, 0.717) is 17.9 Å². The summed E-state index contributed by atoms with van der Waals surface area (Å²) in [5.41, 5.74) is 0. The number of nitrogens with one attached hydrogen (secondary N) is 1. The lowest BCUT2D eigenvalue weighted by Crippen LogP contribution is -2.44. The first-order valence-corrected chi connectivity index (χ1v) is 6.79. The lowest BCUT2D eigenvalue weighted by molar-refractivity contribution is -0.0505. The first kappa shape index (κ1) is 12.7. The van der Waals surface area contributed by atoms with Crippen molar-refractivity contribution in [1.29, 1.82) is 0 Å². The molecule has 0 bridgehead atoms. The molecule has 2 heterocycles. The van der Waals surface area contributed by atoms with Gasteiger partial charge in [-0.05, 0) is 18.8 Å². The molecule has 4 heteroatoms. The molecule has 98 valence electrons. The third-order valence-electron chi connectivity index (χ3n) is 3.73. The number of guanidine groups is 1. The lowest BCUT2D eigenvalue weighted by atomic mass is 9.87. The number of hydrogen-bond acceptors (Lipinski definition) is 4. The molecule has 2 rings (SSSR count). The summed E-state index contributed by atoms with van der Waals surface area (Å²) in [7, 11) is 2.09. The van der Waals surface area contributed by atoms with Gasteiger partial charge >= 0.3 is 0 Å². The van der Waals surface area contributed by atoms with Gasteiger partial charge in [0.15, 0.2) is 5.96 Å². The standard InChI is InChI=1S/C13H25N3O/c1-10(2)12-11(5-4-8-17-12)9-15-13-14-6-7-16(13)3/h10-12H,4-9H2,1-3H3,(H,14,15). The molecule has 1 N–H and O–H groups in total. The van der Waals surface area contributed by atoms with Crippen LogP contribution in [0.3, 0.4) is 0 Å². The van der Waals surface area contributed by atoms with Crippen LogP contribution in [0.25, 0.3) is 0 Å².